The molecule has 1 aromatic heterocycles. The van der Waals surface area contributed by atoms with Crippen LogP contribution in [0.3, 0.4) is 0 Å². The second kappa shape index (κ2) is 5.60. The lowest BCUT2D eigenvalue weighted by Crippen LogP contribution is -2.27. The van der Waals surface area contributed by atoms with E-state index in [1.165, 1.54) is 35.8 Å². The molecule has 21 heavy (non-hydrogen) atoms. The number of aryl methyl sites for hydroxylation is 1. The molecule has 2 rings (SSSR count). The average molecular weight is 305 g/mol. The van der Waals surface area contributed by atoms with Crippen molar-refractivity contribution in [3.8, 4) is 6.07 Å². The van der Waals surface area contributed by atoms with Crippen molar-refractivity contribution in [3.63, 3.8) is 0 Å². The molecule has 0 atom stereocenters. The minimum atomic E-state index is -3.73. The van der Waals surface area contributed by atoms with Crippen molar-refractivity contribution in [1.29, 1.82) is 5.26 Å². The van der Waals surface area contributed by atoms with Crippen LogP contribution in [-0.2, 0) is 16.6 Å². The first-order valence-corrected chi connectivity index (χ1v) is 7.59. The van der Waals surface area contributed by atoms with Crippen molar-refractivity contribution >= 4 is 15.7 Å². The quantitative estimate of drug-likeness (QED) is 0.869. The first kappa shape index (κ1) is 15.1. The molecule has 0 saturated carbocycles. The number of furan rings is 1. The molecule has 7 heteroatoms. The fraction of sp³-hybridized carbons (Fsp3) is 0.214. The highest BCUT2D eigenvalue weighted by Gasteiger charge is 2.24. The highest BCUT2D eigenvalue weighted by Crippen LogP contribution is 2.24. The fourth-order valence-electron chi connectivity index (χ4n) is 1.92. The van der Waals surface area contributed by atoms with Gasteiger partial charge in [0.05, 0.1) is 23.6 Å². The van der Waals surface area contributed by atoms with Gasteiger partial charge in [0.1, 0.15) is 10.7 Å². The maximum Gasteiger partial charge on any atom is 0.245 e. The van der Waals surface area contributed by atoms with Crippen LogP contribution in [0.2, 0.25) is 0 Å². The predicted molar refractivity (Wildman–Crippen MR) is 77.7 cm³/mol. The standard InChI is InChI=1S/C14H15N3O3S/c1-10-12(5-6-20-10)9-17(2)21(18,19)14-4-3-11(8-15)7-13(14)16/h3-7H,9,16H2,1-2H3. The Hall–Kier alpha value is -2.30. The number of nitrogens with zero attached hydrogens (tertiary/aromatic N) is 2. The van der Waals surface area contributed by atoms with Gasteiger partial charge >= 0.3 is 0 Å². The van der Waals surface area contributed by atoms with Gasteiger partial charge in [-0.1, -0.05) is 0 Å². The fourth-order valence-corrected chi connectivity index (χ4v) is 3.16. The van der Waals surface area contributed by atoms with Crippen molar-refractivity contribution in [2.24, 2.45) is 0 Å². The summed E-state index contributed by atoms with van der Waals surface area (Å²) in [5.74, 6) is 0.671. The second-order valence-corrected chi connectivity index (χ2v) is 6.64. The van der Waals surface area contributed by atoms with Gasteiger partial charge in [-0.2, -0.15) is 9.57 Å². The molecule has 110 valence electrons. The molecule has 0 aliphatic rings. The zero-order valence-electron chi connectivity index (χ0n) is 11.7. The van der Waals surface area contributed by atoms with Gasteiger partial charge < -0.3 is 10.2 Å². The summed E-state index contributed by atoms with van der Waals surface area (Å²) in [5.41, 5.74) is 6.91. The van der Waals surface area contributed by atoms with E-state index in [0.29, 0.717) is 11.3 Å². The molecule has 2 aromatic rings. The van der Waals surface area contributed by atoms with Crippen molar-refractivity contribution in [3.05, 3.63) is 47.4 Å². The van der Waals surface area contributed by atoms with E-state index in [1.54, 1.807) is 13.0 Å². The van der Waals surface area contributed by atoms with Crippen molar-refractivity contribution in [1.82, 2.24) is 4.31 Å². The Kier molecular flexibility index (Phi) is 4.02. The zero-order valence-corrected chi connectivity index (χ0v) is 12.5. The number of hydrogen-bond acceptors (Lipinski definition) is 5. The molecule has 1 heterocycles. The maximum atomic E-state index is 12.5. The molecule has 2 N–H and O–H groups in total. The lowest BCUT2D eigenvalue weighted by molar-refractivity contribution is 0.459. The van der Waals surface area contributed by atoms with Crippen LogP contribution in [0.1, 0.15) is 16.9 Å². The highest BCUT2D eigenvalue weighted by atomic mass is 32.2. The van der Waals surface area contributed by atoms with E-state index >= 15 is 0 Å². The third-order valence-corrected chi connectivity index (χ3v) is 5.06. The van der Waals surface area contributed by atoms with Crippen LogP contribution in [0.4, 0.5) is 5.69 Å². The molecule has 0 aliphatic heterocycles. The molecule has 6 nitrogen and oxygen atoms in total. The number of nitriles is 1. The van der Waals surface area contributed by atoms with E-state index in [0.717, 1.165) is 5.56 Å². The number of anilines is 1. The van der Waals surface area contributed by atoms with Crippen LogP contribution in [0, 0.1) is 18.3 Å². The summed E-state index contributed by atoms with van der Waals surface area (Å²) in [7, 11) is -2.26. The number of rotatable bonds is 4. The highest BCUT2D eigenvalue weighted by molar-refractivity contribution is 7.89. The largest absolute Gasteiger partial charge is 0.469 e. The molecule has 0 unspecified atom stereocenters. The Labute approximate surface area is 123 Å². The first-order chi connectivity index (χ1) is 9.86. The van der Waals surface area contributed by atoms with Crippen molar-refractivity contribution < 1.29 is 12.8 Å². The van der Waals surface area contributed by atoms with Gasteiger partial charge in [0.15, 0.2) is 0 Å². The lowest BCUT2D eigenvalue weighted by Gasteiger charge is -2.18. The molecular formula is C14H15N3O3S. The van der Waals surface area contributed by atoms with Crippen LogP contribution in [-0.4, -0.2) is 19.8 Å². The van der Waals surface area contributed by atoms with E-state index in [9.17, 15) is 8.42 Å². The number of nitrogens with two attached hydrogens (primary N) is 1. The molecule has 1 aromatic carbocycles. The monoisotopic (exact) mass is 305 g/mol. The number of nitrogen functional groups attached to an aromatic ring is 1. The Morgan fingerprint density at radius 2 is 2.10 bits per heavy atom. The second-order valence-electron chi connectivity index (χ2n) is 4.63. The number of benzene rings is 1. The van der Waals surface area contributed by atoms with Gasteiger partial charge in [-0.05, 0) is 31.2 Å². The van der Waals surface area contributed by atoms with E-state index < -0.39 is 10.0 Å². The molecule has 0 bridgehead atoms. The van der Waals surface area contributed by atoms with E-state index in [4.69, 9.17) is 15.4 Å². The van der Waals surface area contributed by atoms with Gasteiger partial charge in [-0.15, -0.1) is 0 Å². The summed E-state index contributed by atoms with van der Waals surface area (Å²) in [6.07, 6.45) is 1.52. The summed E-state index contributed by atoms with van der Waals surface area (Å²) in [6, 6.07) is 7.78. The number of hydrogen-bond donors (Lipinski definition) is 1. The van der Waals surface area contributed by atoms with Crippen molar-refractivity contribution in [2.45, 2.75) is 18.4 Å². The summed E-state index contributed by atoms with van der Waals surface area (Å²) in [4.78, 5) is -0.00912. The van der Waals surface area contributed by atoms with E-state index in [2.05, 4.69) is 0 Å². The molecular weight excluding hydrogens is 290 g/mol. The SMILES string of the molecule is Cc1occc1CN(C)S(=O)(=O)c1ccc(C#N)cc1N. The Morgan fingerprint density at radius 1 is 1.38 bits per heavy atom. The third-order valence-electron chi connectivity index (χ3n) is 3.19. The molecule has 0 radical (unpaired) electrons. The minimum Gasteiger partial charge on any atom is -0.469 e. The predicted octanol–water partition coefficient (Wildman–Crippen LogP) is 1.86. The molecule has 0 spiro atoms. The Bertz CT molecular complexity index is 803. The molecule has 0 aliphatic carbocycles. The Morgan fingerprint density at radius 3 is 2.62 bits per heavy atom. The maximum absolute atomic E-state index is 12.5. The Balaban J connectivity index is 2.34. The zero-order chi connectivity index (χ0) is 15.6. The third kappa shape index (κ3) is 2.91. The van der Waals surface area contributed by atoms with Gasteiger partial charge in [0.2, 0.25) is 10.0 Å². The summed E-state index contributed by atoms with van der Waals surface area (Å²) in [6.45, 7) is 1.95. The van der Waals surface area contributed by atoms with Crippen LogP contribution in [0.5, 0.6) is 0 Å². The molecule has 0 saturated heterocycles. The van der Waals surface area contributed by atoms with Gasteiger partial charge in [-0.3, -0.25) is 0 Å². The molecule has 0 amide bonds. The van der Waals surface area contributed by atoms with Crippen LogP contribution in [0.25, 0.3) is 0 Å². The van der Waals surface area contributed by atoms with Crippen LogP contribution < -0.4 is 5.73 Å². The number of sulfonamides is 1. The smallest absolute Gasteiger partial charge is 0.245 e. The van der Waals surface area contributed by atoms with Crippen LogP contribution in [0.15, 0.2) is 39.8 Å². The normalized spacial score (nSPS) is 11.5. The lowest BCUT2D eigenvalue weighted by atomic mass is 10.2. The summed E-state index contributed by atoms with van der Waals surface area (Å²) >= 11 is 0. The first-order valence-electron chi connectivity index (χ1n) is 6.15. The van der Waals surface area contributed by atoms with Crippen molar-refractivity contribution in [2.75, 3.05) is 12.8 Å². The minimum absolute atomic E-state index is 0.00912. The van der Waals surface area contributed by atoms with E-state index in [-0.39, 0.29) is 17.1 Å². The average Bonchev–Trinajstić information content (AvgIpc) is 2.83. The van der Waals surface area contributed by atoms with Gasteiger partial charge in [0.25, 0.3) is 0 Å². The van der Waals surface area contributed by atoms with Crippen LogP contribution >= 0.6 is 0 Å². The topological polar surface area (TPSA) is 100 Å². The summed E-state index contributed by atoms with van der Waals surface area (Å²) < 4.78 is 31.4. The van der Waals surface area contributed by atoms with Gasteiger partial charge in [0, 0.05) is 19.2 Å². The molecule has 0 fully saturated rings. The van der Waals surface area contributed by atoms with Gasteiger partial charge in [-0.25, -0.2) is 8.42 Å². The summed E-state index contributed by atoms with van der Waals surface area (Å²) in [5, 5.41) is 8.79. The van der Waals surface area contributed by atoms with E-state index in [1.807, 2.05) is 6.07 Å².